The second-order valence-corrected chi connectivity index (χ2v) is 8.87. The molecule has 0 saturated heterocycles. The SMILES string of the molecule is CCCOc1c[nH]c(Cn2c(-c3ccc(C(C)(C)C)cc3)nc3ccccc32)cc1=O. The maximum Gasteiger partial charge on any atom is 0.223 e. The highest BCUT2D eigenvalue weighted by Gasteiger charge is 2.16. The minimum Gasteiger partial charge on any atom is -0.488 e. The lowest BCUT2D eigenvalue weighted by atomic mass is 9.87. The van der Waals surface area contributed by atoms with Gasteiger partial charge >= 0.3 is 0 Å². The van der Waals surface area contributed by atoms with Gasteiger partial charge in [0.15, 0.2) is 5.75 Å². The zero-order valence-electron chi connectivity index (χ0n) is 18.6. The summed E-state index contributed by atoms with van der Waals surface area (Å²) in [6.07, 6.45) is 2.52. The van der Waals surface area contributed by atoms with Crippen LogP contribution in [0.3, 0.4) is 0 Å². The molecule has 0 aliphatic carbocycles. The fourth-order valence-electron chi connectivity index (χ4n) is 3.66. The Morgan fingerprint density at radius 2 is 1.81 bits per heavy atom. The topological polar surface area (TPSA) is 59.9 Å². The van der Waals surface area contributed by atoms with Crippen LogP contribution < -0.4 is 10.2 Å². The summed E-state index contributed by atoms with van der Waals surface area (Å²) in [5.41, 5.74) is 5.10. The molecule has 0 saturated carbocycles. The number of imidazole rings is 1. The Balaban J connectivity index is 1.74. The number of ether oxygens (including phenoxy) is 1. The molecule has 2 heterocycles. The van der Waals surface area contributed by atoms with Gasteiger partial charge in [0.2, 0.25) is 5.43 Å². The van der Waals surface area contributed by atoms with Crippen molar-refractivity contribution in [3.05, 3.63) is 82.3 Å². The van der Waals surface area contributed by atoms with E-state index in [0.717, 1.165) is 34.5 Å². The highest BCUT2D eigenvalue weighted by atomic mass is 16.5. The number of hydrogen-bond donors (Lipinski definition) is 1. The molecule has 4 rings (SSSR count). The zero-order chi connectivity index (χ0) is 22.0. The molecule has 2 aromatic carbocycles. The third-order valence-corrected chi connectivity index (χ3v) is 5.39. The first-order valence-corrected chi connectivity index (χ1v) is 10.8. The van der Waals surface area contributed by atoms with E-state index in [1.165, 1.54) is 5.56 Å². The average molecular weight is 416 g/mol. The van der Waals surface area contributed by atoms with Gasteiger partial charge in [0, 0.05) is 23.5 Å². The third kappa shape index (κ3) is 4.41. The van der Waals surface area contributed by atoms with Crippen LogP contribution in [0.15, 0.2) is 65.6 Å². The van der Waals surface area contributed by atoms with Crippen LogP contribution >= 0.6 is 0 Å². The molecule has 0 aliphatic rings. The van der Waals surface area contributed by atoms with Crippen LogP contribution in [-0.2, 0) is 12.0 Å². The van der Waals surface area contributed by atoms with E-state index in [4.69, 9.17) is 9.72 Å². The van der Waals surface area contributed by atoms with Crippen molar-refractivity contribution in [2.24, 2.45) is 0 Å². The molecule has 0 amide bonds. The van der Waals surface area contributed by atoms with E-state index in [0.29, 0.717) is 18.9 Å². The molecule has 5 nitrogen and oxygen atoms in total. The zero-order valence-corrected chi connectivity index (χ0v) is 18.6. The van der Waals surface area contributed by atoms with Crippen molar-refractivity contribution < 1.29 is 4.74 Å². The lowest BCUT2D eigenvalue weighted by Crippen LogP contribution is -2.12. The minimum absolute atomic E-state index is 0.0970. The lowest BCUT2D eigenvalue weighted by molar-refractivity contribution is 0.313. The number of H-pyrrole nitrogens is 1. The van der Waals surface area contributed by atoms with Gasteiger partial charge in [-0.25, -0.2) is 4.98 Å². The summed E-state index contributed by atoms with van der Waals surface area (Å²) in [6.45, 7) is 9.69. The molecule has 0 radical (unpaired) electrons. The first-order chi connectivity index (χ1) is 14.9. The Morgan fingerprint density at radius 1 is 1.06 bits per heavy atom. The predicted octanol–water partition coefficient (Wildman–Crippen LogP) is 5.53. The summed E-state index contributed by atoms with van der Waals surface area (Å²) in [4.78, 5) is 20.6. The van der Waals surface area contributed by atoms with Gasteiger partial charge in [-0.1, -0.05) is 64.1 Å². The summed E-state index contributed by atoms with van der Waals surface area (Å²) in [5, 5.41) is 0. The minimum atomic E-state index is -0.109. The molecule has 0 unspecified atom stereocenters. The number of aromatic amines is 1. The molecule has 2 aromatic heterocycles. The van der Waals surface area contributed by atoms with E-state index in [1.807, 2.05) is 25.1 Å². The third-order valence-electron chi connectivity index (χ3n) is 5.39. The molecular weight excluding hydrogens is 386 g/mol. The molecular formula is C26H29N3O2. The van der Waals surface area contributed by atoms with E-state index in [1.54, 1.807) is 12.3 Å². The summed E-state index contributed by atoms with van der Waals surface area (Å²) < 4.78 is 7.67. The van der Waals surface area contributed by atoms with Crippen molar-refractivity contribution in [3.8, 4) is 17.1 Å². The first kappa shape index (κ1) is 20.9. The van der Waals surface area contributed by atoms with Gasteiger partial charge in [0.1, 0.15) is 5.82 Å². The molecule has 0 spiro atoms. The average Bonchev–Trinajstić information content (AvgIpc) is 3.11. The maximum absolute atomic E-state index is 12.5. The quantitative estimate of drug-likeness (QED) is 0.451. The Labute approximate surface area is 182 Å². The van der Waals surface area contributed by atoms with Gasteiger partial charge in [0.25, 0.3) is 0 Å². The monoisotopic (exact) mass is 415 g/mol. The Morgan fingerprint density at radius 3 is 2.48 bits per heavy atom. The number of benzene rings is 2. The number of hydrogen-bond acceptors (Lipinski definition) is 3. The Bertz CT molecular complexity index is 1240. The summed E-state index contributed by atoms with van der Waals surface area (Å²) in [5.74, 6) is 1.24. The van der Waals surface area contributed by atoms with Crippen LogP contribution in [0.1, 0.15) is 45.4 Å². The van der Waals surface area contributed by atoms with Crippen LogP contribution in [0.2, 0.25) is 0 Å². The van der Waals surface area contributed by atoms with Gasteiger partial charge in [-0.3, -0.25) is 4.79 Å². The van der Waals surface area contributed by atoms with Crippen LogP contribution in [0, 0.1) is 0 Å². The molecule has 4 aromatic rings. The molecule has 31 heavy (non-hydrogen) atoms. The Hall–Kier alpha value is -3.34. The van der Waals surface area contributed by atoms with E-state index < -0.39 is 0 Å². The summed E-state index contributed by atoms with van der Waals surface area (Å²) in [7, 11) is 0. The van der Waals surface area contributed by atoms with E-state index in [2.05, 4.69) is 60.7 Å². The highest BCUT2D eigenvalue weighted by molar-refractivity contribution is 5.80. The van der Waals surface area contributed by atoms with Gasteiger partial charge in [-0.05, 0) is 29.5 Å². The number of para-hydroxylation sites is 2. The van der Waals surface area contributed by atoms with Crippen LogP contribution in [0.25, 0.3) is 22.4 Å². The summed E-state index contributed by atoms with van der Waals surface area (Å²) >= 11 is 0. The molecule has 0 bridgehead atoms. The van der Waals surface area contributed by atoms with Gasteiger partial charge < -0.3 is 14.3 Å². The number of pyridine rings is 1. The maximum atomic E-state index is 12.5. The van der Waals surface area contributed by atoms with Crippen molar-refractivity contribution in [3.63, 3.8) is 0 Å². The van der Waals surface area contributed by atoms with Crippen molar-refractivity contribution in [2.45, 2.75) is 46.1 Å². The molecule has 0 atom stereocenters. The van der Waals surface area contributed by atoms with E-state index in [-0.39, 0.29) is 10.8 Å². The summed E-state index contributed by atoms with van der Waals surface area (Å²) in [6, 6.07) is 18.3. The van der Waals surface area contributed by atoms with Crippen LogP contribution in [-0.4, -0.2) is 21.1 Å². The molecule has 160 valence electrons. The number of rotatable bonds is 6. The predicted molar refractivity (Wildman–Crippen MR) is 126 cm³/mol. The molecule has 5 heteroatoms. The van der Waals surface area contributed by atoms with Gasteiger partial charge in [0.05, 0.1) is 24.2 Å². The fraction of sp³-hybridized carbons (Fsp3) is 0.308. The van der Waals surface area contributed by atoms with Crippen LogP contribution in [0.5, 0.6) is 5.75 Å². The second kappa shape index (κ2) is 8.42. The smallest absolute Gasteiger partial charge is 0.223 e. The first-order valence-electron chi connectivity index (χ1n) is 10.8. The van der Waals surface area contributed by atoms with Crippen LogP contribution in [0.4, 0.5) is 0 Å². The van der Waals surface area contributed by atoms with Crippen molar-refractivity contribution >= 4 is 11.0 Å². The second-order valence-electron chi connectivity index (χ2n) is 8.87. The number of nitrogens with one attached hydrogen (secondary N) is 1. The largest absolute Gasteiger partial charge is 0.488 e. The number of nitrogens with zero attached hydrogens (tertiary/aromatic N) is 2. The molecule has 0 aliphatic heterocycles. The van der Waals surface area contributed by atoms with Crippen molar-refractivity contribution in [1.29, 1.82) is 0 Å². The van der Waals surface area contributed by atoms with Gasteiger partial charge in [-0.15, -0.1) is 0 Å². The number of fused-ring (bicyclic) bond motifs is 1. The highest BCUT2D eigenvalue weighted by Crippen LogP contribution is 2.28. The van der Waals surface area contributed by atoms with Crippen molar-refractivity contribution in [1.82, 2.24) is 14.5 Å². The molecule has 0 fully saturated rings. The fourth-order valence-corrected chi connectivity index (χ4v) is 3.66. The van der Waals surface area contributed by atoms with E-state index in [9.17, 15) is 4.79 Å². The lowest BCUT2D eigenvalue weighted by Gasteiger charge is -2.19. The van der Waals surface area contributed by atoms with Gasteiger partial charge in [-0.2, -0.15) is 0 Å². The van der Waals surface area contributed by atoms with E-state index >= 15 is 0 Å². The van der Waals surface area contributed by atoms with Crippen molar-refractivity contribution in [2.75, 3.05) is 6.61 Å². The standard InChI is InChI=1S/C26H29N3O2/c1-5-14-31-24-16-27-20(15-23(24)30)17-29-22-9-7-6-8-21(22)28-25(29)18-10-12-19(13-11-18)26(2,3)4/h6-13,15-16H,5,14,17H2,1-4H3,(H,27,30). The number of aromatic nitrogens is 3. The molecule has 1 N–H and O–H groups in total. The normalized spacial score (nSPS) is 11.7. The Kier molecular flexibility index (Phi) is 5.68.